The zero-order valence-electron chi connectivity index (χ0n) is 15.2. The van der Waals surface area contributed by atoms with Crippen LogP contribution in [0.5, 0.6) is 0 Å². The minimum atomic E-state index is -0.918. The van der Waals surface area contributed by atoms with Crippen LogP contribution in [-0.2, 0) is 9.53 Å². The zero-order chi connectivity index (χ0) is 18.7. The van der Waals surface area contributed by atoms with E-state index in [1.807, 2.05) is 39.8 Å². The second-order valence-electron chi connectivity index (χ2n) is 6.26. The van der Waals surface area contributed by atoms with Crippen molar-refractivity contribution in [3.05, 3.63) is 46.6 Å². The predicted molar refractivity (Wildman–Crippen MR) is 95.2 cm³/mol. The summed E-state index contributed by atoms with van der Waals surface area (Å²) in [7, 11) is 1.29. The lowest BCUT2D eigenvalue weighted by Gasteiger charge is -2.18. The van der Waals surface area contributed by atoms with Gasteiger partial charge in [0.1, 0.15) is 11.4 Å². The van der Waals surface area contributed by atoms with E-state index in [-0.39, 0.29) is 17.4 Å². The molecular weight excluding hydrogens is 320 g/mol. The monoisotopic (exact) mass is 344 g/mol. The molecule has 0 radical (unpaired) electrons. The van der Waals surface area contributed by atoms with Gasteiger partial charge in [0, 0.05) is 6.04 Å². The standard InChI is InChI=1S/C18H24N4O3/c1-10(2)22-16(19)14(9-20-22)17(23)21-15(18(24)25-5)13-7-6-11(3)12(4)8-13/h6-10,15H,19H2,1-5H3,(H,21,23)/t15-/m1/s1. The number of amides is 1. The van der Waals surface area contributed by atoms with Crippen LogP contribution >= 0.6 is 0 Å². The number of nitrogens with zero attached hydrogens (tertiary/aromatic N) is 2. The number of hydrogen-bond donors (Lipinski definition) is 2. The van der Waals surface area contributed by atoms with Crippen LogP contribution in [0.25, 0.3) is 0 Å². The second-order valence-corrected chi connectivity index (χ2v) is 6.26. The molecule has 0 fully saturated rings. The van der Waals surface area contributed by atoms with Gasteiger partial charge in [-0.15, -0.1) is 0 Å². The number of anilines is 1. The molecule has 0 unspecified atom stereocenters. The van der Waals surface area contributed by atoms with Gasteiger partial charge in [-0.3, -0.25) is 4.79 Å². The molecule has 0 bridgehead atoms. The number of hydrogen-bond acceptors (Lipinski definition) is 5. The van der Waals surface area contributed by atoms with Gasteiger partial charge >= 0.3 is 5.97 Å². The van der Waals surface area contributed by atoms with Crippen LogP contribution < -0.4 is 11.1 Å². The highest BCUT2D eigenvalue weighted by atomic mass is 16.5. The van der Waals surface area contributed by atoms with Crippen molar-refractivity contribution in [2.24, 2.45) is 0 Å². The summed E-state index contributed by atoms with van der Waals surface area (Å²) >= 11 is 0. The van der Waals surface area contributed by atoms with Gasteiger partial charge in [0.15, 0.2) is 6.04 Å². The SMILES string of the molecule is COC(=O)[C@H](NC(=O)c1cnn(C(C)C)c1N)c1ccc(C)c(C)c1. The average Bonchev–Trinajstić information content (AvgIpc) is 2.96. The second kappa shape index (κ2) is 7.38. The molecule has 7 nitrogen and oxygen atoms in total. The quantitative estimate of drug-likeness (QED) is 0.811. The van der Waals surface area contributed by atoms with Crippen LogP contribution in [0.2, 0.25) is 0 Å². The van der Waals surface area contributed by atoms with Gasteiger partial charge in [0.05, 0.1) is 13.3 Å². The van der Waals surface area contributed by atoms with Crippen molar-refractivity contribution in [3.63, 3.8) is 0 Å². The summed E-state index contributed by atoms with van der Waals surface area (Å²) in [6, 6.07) is 4.66. The molecule has 0 spiro atoms. The Morgan fingerprint density at radius 3 is 2.44 bits per heavy atom. The Labute approximate surface area is 147 Å². The number of rotatable bonds is 5. The summed E-state index contributed by atoms with van der Waals surface area (Å²) in [5, 5.41) is 6.81. The number of nitrogens with two attached hydrogens (primary N) is 1. The summed E-state index contributed by atoms with van der Waals surface area (Å²) in [6.07, 6.45) is 1.40. The maximum absolute atomic E-state index is 12.6. The van der Waals surface area contributed by atoms with Gasteiger partial charge in [0.2, 0.25) is 0 Å². The van der Waals surface area contributed by atoms with E-state index in [4.69, 9.17) is 10.5 Å². The zero-order valence-corrected chi connectivity index (χ0v) is 15.2. The van der Waals surface area contributed by atoms with Crippen molar-refractivity contribution < 1.29 is 14.3 Å². The van der Waals surface area contributed by atoms with E-state index in [1.165, 1.54) is 13.3 Å². The highest BCUT2D eigenvalue weighted by Gasteiger charge is 2.26. The molecule has 0 saturated heterocycles. The average molecular weight is 344 g/mol. The van der Waals surface area contributed by atoms with Gasteiger partial charge < -0.3 is 15.8 Å². The fourth-order valence-corrected chi connectivity index (χ4v) is 2.51. The number of nitrogens with one attached hydrogen (secondary N) is 1. The number of nitrogen functional groups attached to an aromatic ring is 1. The Morgan fingerprint density at radius 2 is 1.92 bits per heavy atom. The molecule has 1 atom stereocenters. The largest absolute Gasteiger partial charge is 0.467 e. The maximum Gasteiger partial charge on any atom is 0.333 e. The fourth-order valence-electron chi connectivity index (χ4n) is 2.51. The van der Waals surface area contributed by atoms with Crippen molar-refractivity contribution in [1.29, 1.82) is 0 Å². The van der Waals surface area contributed by atoms with Gasteiger partial charge in [-0.2, -0.15) is 5.10 Å². The molecule has 25 heavy (non-hydrogen) atoms. The number of benzene rings is 1. The molecule has 1 amide bonds. The van der Waals surface area contributed by atoms with E-state index in [9.17, 15) is 9.59 Å². The molecule has 1 aromatic heterocycles. The normalized spacial score (nSPS) is 12.1. The highest BCUT2D eigenvalue weighted by molar-refractivity contribution is 6.00. The Hall–Kier alpha value is -2.83. The first-order valence-corrected chi connectivity index (χ1v) is 8.05. The Morgan fingerprint density at radius 1 is 1.24 bits per heavy atom. The third-order valence-corrected chi connectivity index (χ3v) is 4.14. The summed E-state index contributed by atoms with van der Waals surface area (Å²) in [5.74, 6) is -0.763. The molecule has 0 saturated carbocycles. The number of ether oxygens (including phenoxy) is 1. The summed E-state index contributed by atoms with van der Waals surface area (Å²) in [5.41, 5.74) is 8.99. The van der Waals surface area contributed by atoms with Crippen molar-refractivity contribution in [2.75, 3.05) is 12.8 Å². The molecule has 7 heteroatoms. The number of methoxy groups -OCH3 is 1. The summed E-state index contributed by atoms with van der Waals surface area (Å²) in [6.45, 7) is 7.75. The maximum atomic E-state index is 12.6. The molecule has 0 aliphatic carbocycles. The molecule has 1 heterocycles. The smallest absolute Gasteiger partial charge is 0.333 e. The van der Waals surface area contributed by atoms with E-state index in [1.54, 1.807) is 10.7 Å². The molecule has 1 aromatic carbocycles. The van der Waals surface area contributed by atoms with Crippen LogP contribution in [0, 0.1) is 13.8 Å². The first-order valence-electron chi connectivity index (χ1n) is 8.05. The van der Waals surface area contributed by atoms with Crippen LogP contribution in [0.15, 0.2) is 24.4 Å². The van der Waals surface area contributed by atoms with Gasteiger partial charge in [0.25, 0.3) is 5.91 Å². The lowest BCUT2D eigenvalue weighted by molar-refractivity contribution is -0.143. The summed E-state index contributed by atoms with van der Waals surface area (Å²) < 4.78 is 6.40. The summed E-state index contributed by atoms with van der Waals surface area (Å²) in [4.78, 5) is 24.8. The molecule has 3 N–H and O–H groups in total. The Kier molecular flexibility index (Phi) is 5.46. The molecule has 2 rings (SSSR count). The van der Waals surface area contributed by atoms with E-state index >= 15 is 0 Å². The van der Waals surface area contributed by atoms with Crippen LogP contribution in [0.4, 0.5) is 5.82 Å². The Bertz CT molecular complexity index is 796. The Balaban J connectivity index is 2.32. The predicted octanol–water partition coefficient (Wildman–Crippen LogP) is 2.31. The van der Waals surface area contributed by atoms with Gasteiger partial charge in [-0.25, -0.2) is 9.48 Å². The topological polar surface area (TPSA) is 99.2 Å². The van der Waals surface area contributed by atoms with Gasteiger partial charge in [-0.05, 0) is 44.4 Å². The molecule has 0 aliphatic rings. The third-order valence-electron chi connectivity index (χ3n) is 4.14. The number of carbonyl (C=O) groups is 2. The van der Waals surface area contributed by atoms with Crippen LogP contribution in [0.3, 0.4) is 0 Å². The number of aryl methyl sites for hydroxylation is 2. The van der Waals surface area contributed by atoms with Crippen LogP contribution in [-0.4, -0.2) is 28.8 Å². The van der Waals surface area contributed by atoms with Gasteiger partial charge in [-0.1, -0.05) is 18.2 Å². The van der Waals surface area contributed by atoms with E-state index in [0.717, 1.165) is 11.1 Å². The lowest BCUT2D eigenvalue weighted by Crippen LogP contribution is -2.35. The molecule has 2 aromatic rings. The van der Waals surface area contributed by atoms with Crippen molar-refractivity contribution in [3.8, 4) is 0 Å². The van der Waals surface area contributed by atoms with E-state index in [2.05, 4.69) is 10.4 Å². The molecule has 134 valence electrons. The minimum Gasteiger partial charge on any atom is -0.467 e. The van der Waals surface area contributed by atoms with E-state index < -0.39 is 17.9 Å². The highest BCUT2D eigenvalue weighted by Crippen LogP contribution is 2.21. The first-order chi connectivity index (χ1) is 11.8. The van der Waals surface area contributed by atoms with Crippen molar-refractivity contribution in [2.45, 2.75) is 39.8 Å². The molecule has 0 aliphatic heterocycles. The van der Waals surface area contributed by atoms with Crippen molar-refractivity contribution in [1.82, 2.24) is 15.1 Å². The number of esters is 1. The third kappa shape index (κ3) is 3.81. The van der Waals surface area contributed by atoms with Crippen molar-refractivity contribution >= 4 is 17.7 Å². The minimum absolute atomic E-state index is 0.0257. The van der Waals surface area contributed by atoms with E-state index in [0.29, 0.717) is 5.56 Å². The fraction of sp³-hybridized carbons (Fsp3) is 0.389. The number of carbonyl (C=O) groups excluding carboxylic acids is 2. The van der Waals surface area contributed by atoms with Crippen LogP contribution in [0.1, 0.15) is 53.0 Å². The first kappa shape index (κ1) is 18.5. The lowest BCUT2D eigenvalue weighted by atomic mass is 10.0. The molecular formula is C18H24N4O3. The number of aromatic nitrogens is 2.